The third kappa shape index (κ3) is 16.4. The number of thioether (sulfide) groups is 2. The summed E-state index contributed by atoms with van der Waals surface area (Å²) >= 11 is 3.75. The summed E-state index contributed by atoms with van der Waals surface area (Å²) in [5, 5.41) is 11.2. The molecule has 0 amide bonds. The van der Waals surface area contributed by atoms with E-state index in [2.05, 4.69) is 60.6 Å². The van der Waals surface area contributed by atoms with Crippen LogP contribution in [0, 0.1) is 5.41 Å². The van der Waals surface area contributed by atoms with Crippen LogP contribution in [0.4, 0.5) is 0 Å². The topological polar surface area (TPSA) is 20.2 Å². The lowest BCUT2D eigenvalue weighted by Gasteiger charge is -2.33. The van der Waals surface area contributed by atoms with E-state index in [1.807, 2.05) is 23.5 Å². The van der Waals surface area contributed by atoms with Gasteiger partial charge in [0.05, 0.1) is 9.79 Å². The molecule has 0 saturated heterocycles. The summed E-state index contributed by atoms with van der Waals surface area (Å²) in [7, 11) is 0. The lowest BCUT2D eigenvalue weighted by molar-refractivity contribution is 0.283. The van der Waals surface area contributed by atoms with Gasteiger partial charge in [-0.15, -0.1) is 23.5 Å². The Morgan fingerprint density at radius 3 is 1.27 bits per heavy atom. The molecule has 0 saturated carbocycles. The van der Waals surface area contributed by atoms with Crippen LogP contribution in [0.5, 0.6) is 5.75 Å². The second-order valence-corrected chi connectivity index (χ2v) is 15.4. The van der Waals surface area contributed by atoms with Crippen LogP contribution < -0.4 is 0 Å². The molecule has 0 aromatic heterocycles. The molecule has 0 radical (unpaired) electrons. The van der Waals surface area contributed by atoms with Gasteiger partial charge in [0.1, 0.15) is 5.75 Å². The maximum atomic E-state index is 11.2. The average molecular weight is 551 g/mol. The Kier molecular flexibility index (Phi) is 18.5. The molecule has 0 spiro atoms. The molecule has 0 atom stereocenters. The monoisotopic (exact) mass is 550 g/mol. The number of hydrogen-bond acceptors (Lipinski definition) is 3. The lowest BCUT2D eigenvalue weighted by atomic mass is 9.72. The third-order valence-corrected chi connectivity index (χ3v) is 9.53. The number of rotatable bonds is 22. The molecule has 0 fully saturated rings. The molecule has 0 aliphatic carbocycles. The quantitative estimate of drug-likeness (QED) is 0.114. The minimum atomic E-state index is 0.0908. The van der Waals surface area contributed by atoms with Crippen molar-refractivity contribution in [3.05, 3.63) is 17.7 Å². The lowest BCUT2D eigenvalue weighted by Crippen LogP contribution is -2.25. The standard InChI is InChI=1S/C34H62OS2/c1-8-10-12-14-16-18-20-22-24-36-30-26-29(34(6,7)28-33(3,4)5)27-31(32(30)35)37-25-23-21-19-17-15-13-11-9-2/h26-27,35H,8-25,28H2,1-7H3. The SMILES string of the molecule is CCCCCCCCCCSc1cc(C(C)(C)CC(C)(C)C)cc(SCCCCCCCCCC)c1O. The van der Waals surface area contributed by atoms with Crippen molar-refractivity contribution in [2.45, 2.75) is 173 Å². The van der Waals surface area contributed by atoms with Gasteiger partial charge in [-0.3, -0.25) is 0 Å². The molecule has 1 rings (SSSR count). The molecule has 37 heavy (non-hydrogen) atoms. The molecule has 1 nitrogen and oxygen atoms in total. The average Bonchev–Trinajstić information content (AvgIpc) is 2.82. The minimum absolute atomic E-state index is 0.0908. The highest BCUT2D eigenvalue weighted by atomic mass is 32.2. The zero-order chi connectivity index (χ0) is 27.6. The van der Waals surface area contributed by atoms with Gasteiger partial charge in [0, 0.05) is 0 Å². The van der Waals surface area contributed by atoms with E-state index >= 15 is 0 Å². The zero-order valence-corrected chi connectivity index (χ0v) is 27.5. The van der Waals surface area contributed by atoms with Gasteiger partial charge in [-0.2, -0.15) is 0 Å². The molecular weight excluding hydrogens is 489 g/mol. The fraction of sp³-hybridized carbons (Fsp3) is 0.824. The molecule has 3 heteroatoms. The number of benzene rings is 1. The Bertz CT molecular complexity index is 661. The molecule has 0 aliphatic heterocycles. The van der Waals surface area contributed by atoms with Gasteiger partial charge in [0.15, 0.2) is 0 Å². The molecule has 1 aromatic rings. The normalized spacial score (nSPS) is 12.4. The van der Waals surface area contributed by atoms with Gasteiger partial charge in [0.25, 0.3) is 0 Å². The van der Waals surface area contributed by atoms with E-state index in [0.29, 0.717) is 5.75 Å². The van der Waals surface area contributed by atoms with Gasteiger partial charge < -0.3 is 5.11 Å². The summed E-state index contributed by atoms with van der Waals surface area (Å²) in [5.74, 6) is 2.74. The third-order valence-electron chi connectivity index (χ3n) is 7.30. The molecule has 1 N–H and O–H groups in total. The zero-order valence-electron chi connectivity index (χ0n) is 25.9. The van der Waals surface area contributed by atoms with Crippen molar-refractivity contribution in [1.82, 2.24) is 0 Å². The summed E-state index contributed by atoms with van der Waals surface area (Å²) in [6.45, 7) is 16.3. The predicted molar refractivity (Wildman–Crippen MR) is 172 cm³/mol. The number of phenols is 1. The van der Waals surface area contributed by atoms with Crippen LogP contribution >= 0.6 is 23.5 Å². The molecule has 0 bridgehead atoms. The van der Waals surface area contributed by atoms with E-state index in [1.54, 1.807) is 0 Å². The summed E-state index contributed by atoms with van der Waals surface area (Å²) in [5.41, 5.74) is 1.75. The smallest absolute Gasteiger partial charge is 0.142 e. The van der Waals surface area contributed by atoms with Crippen molar-refractivity contribution in [3.63, 3.8) is 0 Å². The second kappa shape index (κ2) is 19.7. The van der Waals surface area contributed by atoms with Gasteiger partial charge in [0.2, 0.25) is 0 Å². The van der Waals surface area contributed by atoms with Crippen LogP contribution in [-0.2, 0) is 5.41 Å². The summed E-state index contributed by atoms with van der Waals surface area (Å²) in [6.07, 6.45) is 22.7. The van der Waals surface area contributed by atoms with Crippen molar-refractivity contribution in [2.24, 2.45) is 5.41 Å². The van der Waals surface area contributed by atoms with Gasteiger partial charge in [-0.1, -0.05) is 138 Å². The fourth-order valence-electron chi connectivity index (χ4n) is 5.46. The first-order valence-corrected chi connectivity index (χ1v) is 17.7. The molecule has 1 aromatic carbocycles. The van der Waals surface area contributed by atoms with Crippen molar-refractivity contribution in [1.29, 1.82) is 0 Å². The van der Waals surface area contributed by atoms with Crippen molar-refractivity contribution >= 4 is 23.5 Å². The first-order valence-electron chi connectivity index (χ1n) is 15.7. The van der Waals surface area contributed by atoms with Crippen LogP contribution in [-0.4, -0.2) is 16.6 Å². The Morgan fingerprint density at radius 1 is 0.568 bits per heavy atom. The Hall–Kier alpha value is -0.280. The highest BCUT2D eigenvalue weighted by Crippen LogP contribution is 2.44. The van der Waals surface area contributed by atoms with E-state index in [9.17, 15) is 5.11 Å². The van der Waals surface area contributed by atoms with Crippen LogP contribution in [0.25, 0.3) is 0 Å². The molecule has 0 unspecified atom stereocenters. The van der Waals surface area contributed by atoms with Crippen LogP contribution in [0.1, 0.15) is 163 Å². The first-order chi connectivity index (χ1) is 17.6. The Labute approximate surface area is 241 Å². The Morgan fingerprint density at radius 2 is 0.919 bits per heavy atom. The number of phenolic OH excluding ortho intramolecular Hbond substituents is 1. The number of hydrogen-bond donors (Lipinski definition) is 1. The highest BCUT2D eigenvalue weighted by molar-refractivity contribution is 8.00. The van der Waals surface area contributed by atoms with Crippen molar-refractivity contribution in [2.75, 3.05) is 11.5 Å². The maximum absolute atomic E-state index is 11.2. The number of aromatic hydroxyl groups is 1. The van der Waals surface area contributed by atoms with E-state index in [-0.39, 0.29) is 10.8 Å². The van der Waals surface area contributed by atoms with Gasteiger partial charge in [-0.05, 0) is 59.3 Å². The fourth-order valence-corrected chi connectivity index (χ4v) is 7.57. The molecule has 0 heterocycles. The minimum Gasteiger partial charge on any atom is -0.506 e. The molecule has 216 valence electrons. The van der Waals surface area contributed by atoms with E-state index in [0.717, 1.165) is 27.7 Å². The predicted octanol–water partition coefficient (Wildman–Crippen LogP) is 12.6. The summed E-state index contributed by atoms with van der Waals surface area (Å²) < 4.78 is 0. The van der Waals surface area contributed by atoms with E-state index in [4.69, 9.17) is 0 Å². The Balaban J connectivity index is 2.70. The van der Waals surface area contributed by atoms with E-state index in [1.165, 1.54) is 108 Å². The maximum Gasteiger partial charge on any atom is 0.142 e. The first kappa shape index (κ1) is 34.7. The van der Waals surface area contributed by atoms with E-state index < -0.39 is 0 Å². The number of unbranched alkanes of at least 4 members (excludes halogenated alkanes) is 14. The summed E-state index contributed by atoms with van der Waals surface area (Å²) in [6, 6.07) is 4.60. The molecular formula is C34H62OS2. The largest absolute Gasteiger partial charge is 0.506 e. The van der Waals surface area contributed by atoms with Crippen LogP contribution in [0.3, 0.4) is 0 Å². The van der Waals surface area contributed by atoms with Gasteiger partial charge >= 0.3 is 0 Å². The van der Waals surface area contributed by atoms with Crippen LogP contribution in [0.2, 0.25) is 0 Å². The summed E-state index contributed by atoms with van der Waals surface area (Å²) in [4.78, 5) is 2.20. The van der Waals surface area contributed by atoms with Crippen molar-refractivity contribution < 1.29 is 5.11 Å². The molecule has 0 aliphatic rings. The second-order valence-electron chi connectivity index (χ2n) is 13.1. The highest BCUT2D eigenvalue weighted by Gasteiger charge is 2.29. The van der Waals surface area contributed by atoms with Crippen molar-refractivity contribution in [3.8, 4) is 5.75 Å². The van der Waals surface area contributed by atoms with Crippen LogP contribution in [0.15, 0.2) is 21.9 Å². The van der Waals surface area contributed by atoms with Gasteiger partial charge in [-0.25, -0.2) is 0 Å².